The van der Waals surface area contributed by atoms with Crippen LogP contribution < -0.4 is 4.74 Å². The van der Waals surface area contributed by atoms with E-state index >= 15 is 0 Å². The van der Waals surface area contributed by atoms with Crippen LogP contribution in [0, 0.1) is 11.7 Å². The quantitative estimate of drug-likeness (QED) is 0.700. The zero-order chi connectivity index (χ0) is 13.4. The Morgan fingerprint density at radius 2 is 1.94 bits per heavy atom. The maximum atomic E-state index is 12.7. The van der Waals surface area contributed by atoms with E-state index in [2.05, 4.69) is 4.74 Å². The van der Waals surface area contributed by atoms with Gasteiger partial charge in [-0.2, -0.15) is 0 Å². The summed E-state index contributed by atoms with van der Waals surface area (Å²) in [6.45, 7) is 0.633. The van der Waals surface area contributed by atoms with Crippen molar-refractivity contribution >= 4 is 5.97 Å². The van der Waals surface area contributed by atoms with E-state index in [0.717, 1.165) is 0 Å². The van der Waals surface area contributed by atoms with Gasteiger partial charge in [0.05, 0.1) is 13.0 Å². The molecule has 1 unspecified atom stereocenters. The number of rotatable bonds is 7. The van der Waals surface area contributed by atoms with Gasteiger partial charge in [-0.1, -0.05) is 0 Å². The van der Waals surface area contributed by atoms with Crippen molar-refractivity contribution in [2.45, 2.75) is 6.42 Å². The Bertz CT molecular complexity index is 364. The predicted molar refractivity (Wildman–Crippen MR) is 63.9 cm³/mol. The number of methoxy groups -OCH3 is 2. The second-order valence-corrected chi connectivity index (χ2v) is 3.77. The van der Waals surface area contributed by atoms with Crippen LogP contribution in [0.5, 0.6) is 5.75 Å². The lowest BCUT2D eigenvalue weighted by atomic mass is 10.1. The third kappa shape index (κ3) is 4.71. The van der Waals surface area contributed by atoms with Crippen molar-refractivity contribution in [3.63, 3.8) is 0 Å². The van der Waals surface area contributed by atoms with Gasteiger partial charge in [0.15, 0.2) is 0 Å². The monoisotopic (exact) mass is 256 g/mol. The summed E-state index contributed by atoms with van der Waals surface area (Å²) in [5.41, 5.74) is 0. The van der Waals surface area contributed by atoms with E-state index in [4.69, 9.17) is 9.47 Å². The molecule has 18 heavy (non-hydrogen) atoms. The third-order valence-corrected chi connectivity index (χ3v) is 2.47. The molecule has 0 saturated carbocycles. The molecule has 4 nitrogen and oxygen atoms in total. The average molecular weight is 256 g/mol. The number of carbonyl (C=O) groups is 1. The van der Waals surface area contributed by atoms with E-state index in [1.54, 1.807) is 7.11 Å². The molecule has 0 spiro atoms. The van der Waals surface area contributed by atoms with Gasteiger partial charge in [0.1, 0.15) is 18.2 Å². The molecule has 0 aromatic heterocycles. The fraction of sp³-hybridized carbons (Fsp3) is 0.462. The summed E-state index contributed by atoms with van der Waals surface area (Å²) < 4.78 is 27.7. The summed E-state index contributed by atoms with van der Waals surface area (Å²) in [6, 6.07) is 5.63. The number of ether oxygens (including phenoxy) is 3. The number of carbonyl (C=O) groups excluding carboxylic acids is 1. The van der Waals surface area contributed by atoms with Crippen molar-refractivity contribution in [2.75, 3.05) is 27.4 Å². The molecular formula is C13H17FO4. The molecule has 0 fully saturated rings. The molecule has 0 heterocycles. The van der Waals surface area contributed by atoms with Gasteiger partial charge in [0, 0.05) is 13.7 Å². The molecule has 0 bridgehead atoms. The predicted octanol–water partition coefficient (Wildman–Crippen LogP) is 2.03. The molecule has 100 valence electrons. The van der Waals surface area contributed by atoms with E-state index in [9.17, 15) is 9.18 Å². The lowest BCUT2D eigenvalue weighted by molar-refractivity contribution is -0.147. The standard InChI is InChI=1S/C13H17FO4/c1-16-8-7-10(13(15)17-2)9-18-12-5-3-11(14)4-6-12/h3-6,10H,7-9H2,1-2H3. The minimum absolute atomic E-state index is 0.182. The SMILES string of the molecule is COCCC(COc1ccc(F)cc1)C(=O)OC. The summed E-state index contributed by atoms with van der Waals surface area (Å²) in [5, 5.41) is 0. The summed E-state index contributed by atoms with van der Waals surface area (Å²) in [7, 11) is 2.90. The van der Waals surface area contributed by atoms with Crippen LogP contribution in [0.4, 0.5) is 4.39 Å². The Labute approximate surface area is 106 Å². The van der Waals surface area contributed by atoms with Crippen LogP contribution in [0.1, 0.15) is 6.42 Å². The van der Waals surface area contributed by atoms with Gasteiger partial charge < -0.3 is 14.2 Å². The first-order valence-electron chi connectivity index (χ1n) is 5.62. The fourth-order valence-corrected chi connectivity index (χ4v) is 1.42. The first-order chi connectivity index (χ1) is 8.67. The fourth-order valence-electron chi connectivity index (χ4n) is 1.42. The van der Waals surface area contributed by atoms with Crippen LogP contribution in [0.2, 0.25) is 0 Å². The van der Waals surface area contributed by atoms with Crippen molar-refractivity contribution in [1.82, 2.24) is 0 Å². The first-order valence-corrected chi connectivity index (χ1v) is 5.62. The Kier molecular flexibility index (Phi) is 6.14. The summed E-state index contributed by atoms with van der Waals surface area (Å²) >= 11 is 0. The van der Waals surface area contributed by atoms with E-state index in [1.807, 2.05) is 0 Å². The van der Waals surface area contributed by atoms with E-state index in [0.29, 0.717) is 18.8 Å². The molecule has 0 radical (unpaired) electrons. The molecule has 1 aromatic rings. The second kappa shape index (κ2) is 7.66. The zero-order valence-electron chi connectivity index (χ0n) is 10.5. The van der Waals surface area contributed by atoms with Crippen molar-refractivity contribution < 1.29 is 23.4 Å². The molecule has 1 aromatic carbocycles. The van der Waals surface area contributed by atoms with Gasteiger partial charge >= 0.3 is 5.97 Å². The maximum Gasteiger partial charge on any atom is 0.312 e. The van der Waals surface area contributed by atoms with E-state index < -0.39 is 0 Å². The maximum absolute atomic E-state index is 12.7. The minimum Gasteiger partial charge on any atom is -0.493 e. The molecule has 1 rings (SSSR count). The van der Waals surface area contributed by atoms with Gasteiger partial charge in [-0.25, -0.2) is 4.39 Å². The molecular weight excluding hydrogens is 239 g/mol. The van der Waals surface area contributed by atoms with Gasteiger partial charge in [-0.3, -0.25) is 4.79 Å². The highest BCUT2D eigenvalue weighted by atomic mass is 19.1. The minimum atomic E-state index is -0.389. The molecule has 0 aliphatic rings. The zero-order valence-corrected chi connectivity index (χ0v) is 10.5. The highest BCUT2D eigenvalue weighted by molar-refractivity contribution is 5.72. The highest BCUT2D eigenvalue weighted by Gasteiger charge is 2.19. The number of hydrogen-bond acceptors (Lipinski definition) is 4. The largest absolute Gasteiger partial charge is 0.493 e. The van der Waals surface area contributed by atoms with Crippen LogP contribution >= 0.6 is 0 Å². The Morgan fingerprint density at radius 3 is 2.50 bits per heavy atom. The molecule has 0 saturated heterocycles. The Morgan fingerprint density at radius 1 is 1.28 bits per heavy atom. The van der Waals surface area contributed by atoms with Crippen molar-refractivity contribution in [3.05, 3.63) is 30.1 Å². The molecule has 5 heteroatoms. The van der Waals surface area contributed by atoms with Crippen LogP contribution in [0.15, 0.2) is 24.3 Å². The topological polar surface area (TPSA) is 44.8 Å². The lowest BCUT2D eigenvalue weighted by Gasteiger charge is -2.15. The van der Waals surface area contributed by atoms with Crippen LogP contribution in [-0.2, 0) is 14.3 Å². The summed E-state index contributed by atoms with van der Waals surface area (Å²) in [6.07, 6.45) is 0.518. The summed E-state index contributed by atoms with van der Waals surface area (Å²) in [4.78, 5) is 11.5. The van der Waals surface area contributed by atoms with Gasteiger partial charge in [-0.05, 0) is 30.7 Å². The smallest absolute Gasteiger partial charge is 0.312 e. The number of hydrogen-bond donors (Lipinski definition) is 0. The van der Waals surface area contributed by atoms with Gasteiger partial charge in [0.25, 0.3) is 0 Å². The van der Waals surface area contributed by atoms with E-state index in [-0.39, 0.29) is 24.3 Å². The van der Waals surface area contributed by atoms with Crippen molar-refractivity contribution in [2.24, 2.45) is 5.92 Å². The number of benzene rings is 1. The third-order valence-electron chi connectivity index (χ3n) is 2.47. The molecule has 1 atom stereocenters. The number of esters is 1. The second-order valence-electron chi connectivity index (χ2n) is 3.77. The van der Waals surface area contributed by atoms with Crippen molar-refractivity contribution in [3.8, 4) is 5.75 Å². The van der Waals surface area contributed by atoms with Crippen LogP contribution in [0.25, 0.3) is 0 Å². The normalized spacial score (nSPS) is 11.9. The van der Waals surface area contributed by atoms with Crippen LogP contribution in [0.3, 0.4) is 0 Å². The van der Waals surface area contributed by atoms with Gasteiger partial charge in [0.2, 0.25) is 0 Å². The molecule has 0 N–H and O–H groups in total. The Hall–Kier alpha value is -1.62. The first kappa shape index (κ1) is 14.4. The van der Waals surface area contributed by atoms with Gasteiger partial charge in [-0.15, -0.1) is 0 Å². The average Bonchev–Trinajstić information content (AvgIpc) is 2.40. The Balaban J connectivity index is 2.50. The summed E-state index contributed by atoms with van der Waals surface area (Å²) in [5.74, 6) is -0.539. The van der Waals surface area contributed by atoms with E-state index in [1.165, 1.54) is 31.4 Å². The highest BCUT2D eigenvalue weighted by Crippen LogP contribution is 2.14. The molecule has 0 aliphatic heterocycles. The molecule has 0 aliphatic carbocycles. The van der Waals surface area contributed by atoms with Crippen molar-refractivity contribution in [1.29, 1.82) is 0 Å². The van der Waals surface area contributed by atoms with Crippen LogP contribution in [-0.4, -0.2) is 33.4 Å². The molecule has 0 amide bonds. The lowest BCUT2D eigenvalue weighted by Crippen LogP contribution is -2.24. The number of halogens is 1.